The largest absolute Gasteiger partial charge is 0.468 e. The lowest BCUT2D eigenvalue weighted by Gasteiger charge is -2.20. The molecule has 3 heteroatoms. The first-order valence-electron chi connectivity index (χ1n) is 6.79. The molecule has 3 atom stereocenters. The second-order valence-corrected chi connectivity index (χ2v) is 5.61. The van der Waals surface area contributed by atoms with Crippen LogP contribution in [0.2, 0.25) is 0 Å². The Balaban J connectivity index is 1.56. The number of likely N-dealkylation sites (tertiary alicyclic amines) is 1. The Morgan fingerprint density at radius 1 is 1.47 bits per heavy atom. The van der Waals surface area contributed by atoms with E-state index in [9.17, 15) is 0 Å². The maximum absolute atomic E-state index is 5.44. The number of hydrogen-bond donors (Lipinski definition) is 1. The van der Waals surface area contributed by atoms with E-state index < -0.39 is 0 Å². The van der Waals surface area contributed by atoms with Crippen LogP contribution >= 0.6 is 0 Å². The highest BCUT2D eigenvalue weighted by Crippen LogP contribution is 2.33. The SMILES string of the molecule is CC1CC(N[C@H](C)c2ccco2)CN1C1CC1. The molecule has 0 radical (unpaired) electrons. The van der Waals surface area contributed by atoms with Gasteiger partial charge in [-0.3, -0.25) is 4.90 Å². The van der Waals surface area contributed by atoms with Crippen LogP contribution in [-0.4, -0.2) is 29.6 Å². The first-order chi connectivity index (χ1) is 8.24. The van der Waals surface area contributed by atoms with Crippen molar-refractivity contribution < 1.29 is 4.42 Å². The molecule has 94 valence electrons. The minimum atomic E-state index is 0.321. The molecule has 1 saturated carbocycles. The van der Waals surface area contributed by atoms with Gasteiger partial charge in [0.1, 0.15) is 5.76 Å². The summed E-state index contributed by atoms with van der Waals surface area (Å²) in [5, 5.41) is 3.69. The van der Waals surface area contributed by atoms with Gasteiger partial charge in [0.05, 0.1) is 12.3 Å². The quantitative estimate of drug-likeness (QED) is 0.868. The van der Waals surface area contributed by atoms with Gasteiger partial charge in [-0.2, -0.15) is 0 Å². The zero-order valence-electron chi connectivity index (χ0n) is 10.7. The van der Waals surface area contributed by atoms with Gasteiger partial charge in [-0.1, -0.05) is 0 Å². The fraction of sp³-hybridized carbons (Fsp3) is 0.714. The summed E-state index contributed by atoms with van der Waals surface area (Å²) in [6.45, 7) is 5.75. The van der Waals surface area contributed by atoms with Gasteiger partial charge >= 0.3 is 0 Å². The van der Waals surface area contributed by atoms with Crippen LogP contribution in [0.25, 0.3) is 0 Å². The minimum Gasteiger partial charge on any atom is -0.468 e. The van der Waals surface area contributed by atoms with Crippen molar-refractivity contribution in [2.45, 2.75) is 57.3 Å². The Hall–Kier alpha value is -0.800. The average Bonchev–Trinajstić information content (AvgIpc) is 2.86. The van der Waals surface area contributed by atoms with E-state index in [1.807, 2.05) is 6.07 Å². The predicted molar refractivity (Wildman–Crippen MR) is 67.9 cm³/mol. The predicted octanol–water partition coefficient (Wildman–Crippen LogP) is 2.56. The molecule has 17 heavy (non-hydrogen) atoms. The standard InChI is InChI=1S/C14H22N2O/c1-10-8-12(9-16(10)13-5-6-13)15-11(2)14-4-3-7-17-14/h3-4,7,10-13,15H,5-6,8-9H2,1-2H3/t10?,11-,12?/m1/s1. The van der Waals surface area contributed by atoms with Gasteiger partial charge in [-0.05, 0) is 45.2 Å². The van der Waals surface area contributed by atoms with E-state index in [-0.39, 0.29) is 0 Å². The number of rotatable bonds is 4. The third kappa shape index (κ3) is 2.40. The topological polar surface area (TPSA) is 28.4 Å². The highest BCUT2D eigenvalue weighted by molar-refractivity contribution is 5.05. The van der Waals surface area contributed by atoms with E-state index in [2.05, 4.69) is 30.1 Å². The summed E-state index contributed by atoms with van der Waals surface area (Å²) in [6, 6.07) is 6.57. The van der Waals surface area contributed by atoms with Crippen molar-refractivity contribution in [1.29, 1.82) is 0 Å². The minimum absolute atomic E-state index is 0.321. The zero-order chi connectivity index (χ0) is 11.8. The first kappa shape index (κ1) is 11.3. The molecular formula is C14H22N2O. The van der Waals surface area contributed by atoms with E-state index >= 15 is 0 Å². The summed E-state index contributed by atoms with van der Waals surface area (Å²) in [5.41, 5.74) is 0. The Bertz CT molecular complexity index is 358. The third-order valence-corrected chi connectivity index (χ3v) is 4.09. The second-order valence-electron chi connectivity index (χ2n) is 5.61. The molecule has 1 saturated heterocycles. The van der Waals surface area contributed by atoms with Gasteiger partial charge in [-0.15, -0.1) is 0 Å². The molecule has 0 aromatic carbocycles. The summed E-state index contributed by atoms with van der Waals surface area (Å²) in [5.74, 6) is 1.04. The van der Waals surface area contributed by atoms with Crippen molar-refractivity contribution in [2.24, 2.45) is 0 Å². The van der Waals surface area contributed by atoms with Gasteiger partial charge in [0.25, 0.3) is 0 Å². The molecule has 1 aromatic rings. The first-order valence-corrected chi connectivity index (χ1v) is 6.79. The van der Waals surface area contributed by atoms with Crippen molar-refractivity contribution in [3.05, 3.63) is 24.2 Å². The van der Waals surface area contributed by atoms with Crippen molar-refractivity contribution in [3.63, 3.8) is 0 Å². The molecule has 1 aliphatic heterocycles. The molecular weight excluding hydrogens is 212 g/mol. The van der Waals surface area contributed by atoms with Crippen molar-refractivity contribution >= 4 is 0 Å². The highest BCUT2D eigenvalue weighted by atomic mass is 16.3. The van der Waals surface area contributed by atoms with Gasteiger partial charge in [0.15, 0.2) is 0 Å². The van der Waals surface area contributed by atoms with Crippen LogP contribution in [0.15, 0.2) is 22.8 Å². The highest BCUT2D eigenvalue weighted by Gasteiger charge is 2.38. The lowest BCUT2D eigenvalue weighted by atomic mass is 10.1. The molecule has 0 spiro atoms. The lowest BCUT2D eigenvalue weighted by Crippen LogP contribution is -2.35. The molecule has 2 aliphatic rings. The van der Waals surface area contributed by atoms with Gasteiger partial charge in [0, 0.05) is 24.7 Å². The Morgan fingerprint density at radius 2 is 2.29 bits per heavy atom. The summed E-state index contributed by atoms with van der Waals surface area (Å²) in [6.07, 6.45) is 5.83. The van der Waals surface area contributed by atoms with Gasteiger partial charge < -0.3 is 9.73 Å². The Kier molecular flexibility index (Phi) is 2.97. The van der Waals surface area contributed by atoms with E-state index in [0.717, 1.165) is 17.8 Å². The van der Waals surface area contributed by atoms with Crippen LogP contribution in [0.3, 0.4) is 0 Å². The maximum atomic E-state index is 5.44. The van der Waals surface area contributed by atoms with Crippen LogP contribution in [0, 0.1) is 0 Å². The normalized spacial score (nSPS) is 31.9. The number of furan rings is 1. The summed E-state index contributed by atoms with van der Waals surface area (Å²) < 4.78 is 5.44. The number of hydrogen-bond acceptors (Lipinski definition) is 3. The van der Waals surface area contributed by atoms with E-state index in [4.69, 9.17) is 4.42 Å². The smallest absolute Gasteiger partial charge is 0.120 e. The molecule has 0 amide bonds. The van der Waals surface area contributed by atoms with Crippen LogP contribution in [-0.2, 0) is 0 Å². The van der Waals surface area contributed by atoms with Crippen LogP contribution in [0.5, 0.6) is 0 Å². The summed E-state index contributed by atoms with van der Waals surface area (Å²) in [4.78, 5) is 2.67. The van der Waals surface area contributed by atoms with E-state index in [1.165, 1.54) is 25.8 Å². The van der Waals surface area contributed by atoms with E-state index in [0.29, 0.717) is 12.1 Å². The average molecular weight is 234 g/mol. The molecule has 3 nitrogen and oxygen atoms in total. The number of nitrogens with zero attached hydrogens (tertiary/aromatic N) is 1. The number of nitrogens with one attached hydrogen (secondary N) is 1. The van der Waals surface area contributed by atoms with E-state index in [1.54, 1.807) is 6.26 Å². The molecule has 2 heterocycles. The molecule has 0 bridgehead atoms. The summed E-state index contributed by atoms with van der Waals surface area (Å²) in [7, 11) is 0. The van der Waals surface area contributed by atoms with Crippen molar-refractivity contribution in [2.75, 3.05) is 6.54 Å². The lowest BCUT2D eigenvalue weighted by molar-refractivity contribution is 0.253. The molecule has 1 aromatic heterocycles. The maximum Gasteiger partial charge on any atom is 0.120 e. The molecule has 3 rings (SSSR count). The fourth-order valence-electron chi connectivity index (χ4n) is 3.07. The molecule has 2 fully saturated rings. The zero-order valence-corrected chi connectivity index (χ0v) is 10.7. The molecule has 1 aliphatic carbocycles. The second kappa shape index (κ2) is 4.46. The van der Waals surface area contributed by atoms with Gasteiger partial charge in [0.2, 0.25) is 0 Å². The van der Waals surface area contributed by atoms with Crippen LogP contribution in [0.4, 0.5) is 0 Å². The van der Waals surface area contributed by atoms with Crippen LogP contribution < -0.4 is 5.32 Å². The Labute approximate surface area is 103 Å². The third-order valence-electron chi connectivity index (χ3n) is 4.09. The Morgan fingerprint density at radius 3 is 2.94 bits per heavy atom. The van der Waals surface area contributed by atoms with Crippen LogP contribution in [0.1, 0.15) is 44.9 Å². The monoisotopic (exact) mass is 234 g/mol. The van der Waals surface area contributed by atoms with Crippen molar-refractivity contribution in [3.8, 4) is 0 Å². The molecule has 2 unspecified atom stereocenters. The fourth-order valence-corrected chi connectivity index (χ4v) is 3.07. The molecule has 1 N–H and O–H groups in total. The van der Waals surface area contributed by atoms with Gasteiger partial charge in [-0.25, -0.2) is 0 Å². The van der Waals surface area contributed by atoms with Crippen molar-refractivity contribution in [1.82, 2.24) is 10.2 Å². The summed E-state index contributed by atoms with van der Waals surface area (Å²) >= 11 is 0.